The second-order valence-corrected chi connectivity index (χ2v) is 6.96. The van der Waals surface area contributed by atoms with Crippen molar-refractivity contribution in [2.24, 2.45) is 7.05 Å². The van der Waals surface area contributed by atoms with Crippen LogP contribution in [0.3, 0.4) is 0 Å². The third-order valence-electron chi connectivity index (χ3n) is 3.75. The summed E-state index contributed by atoms with van der Waals surface area (Å²) in [6.45, 7) is 5.34. The van der Waals surface area contributed by atoms with Crippen molar-refractivity contribution in [2.75, 3.05) is 18.5 Å². The minimum Gasteiger partial charge on any atom is -0.476 e. The Balaban J connectivity index is 2.46. The summed E-state index contributed by atoms with van der Waals surface area (Å²) in [5.41, 5.74) is -0.272. The Morgan fingerprint density at radius 2 is 1.90 bits per heavy atom. The van der Waals surface area contributed by atoms with Crippen molar-refractivity contribution < 1.29 is 33.8 Å². The summed E-state index contributed by atoms with van der Waals surface area (Å²) in [6, 6.07) is 0. The van der Waals surface area contributed by atoms with Crippen LogP contribution < -0.4 is 5.32 Å². The molecule has 0 aliphatic carbocycles. The summed E-state index contributed by atoms with van der Waals surface area (Å²) in [7, 11) is 1.48. The maximum Gasteiger partial charge on any atom is 0.357 e. The lowest BCUT2D eigenvalue weighted by Gasteiger charge is -2.07. The van der Waals surface area contributed by atoms with E-state index in [1.807, 2.05) is 6.92 Å². The molecule has 2 aromatic heterocycles. The lowest BCUT2D eigenvalue weighted by molar-refractivity contribution is 0.0505. The molecule has 10 nitrogen and oxygen atoms in total. The molecule has 2 heterocycles. The highest BCUT2D eigenvalue weighted by atomic mass is 32.1. The number of carbonyl (C=O) groups excluding carboxylic acids is 3. The minimum absolute atomic E-state index is 0.0284. The van der Waals surface area contributed by atoms with Crippen LogP contribution in [0.1, 0.15) is 66.7 Å². The van der Waals surface area contributed by atoms with Gasteiger partial charge in [-0.05, 0) is 25.8 Å². The van der Waals surface area contributed by atoms with E-state index < -0.39 is 29.5 Å². The van der Waals surface area contributed by atoms with Gasteiger partial charge in [0, 0.05) is 13.2 Å². The Hall–Kier alpha value is -3.21. The number of thiophene rings is 1. The predicted octanol–water partition coefficient (Wildman–Crippen LogP) is 2.48. The second-order valence-electron chi connectivity index (χ2n) is 5.94. The summed E-state index contributed by atoms with van der Waals surface area (Å²) in [6.07, 6.45) is 1.85. The van der Waals surface area contributed by atoms with Crippen LogP contribution in [0.4, 0.5) is 5.00 Å². The molecule has 0 saturated carbocycles. The maximum absolute atomic E-state index is 12.7. The van der Waals surface area contributed by atoms with E-state index >= 15 is 0 Å². The normalized spacial score (nSPS) is 10.5. The van der Waals surface area contributed by atoms with Gasteiger partial charge in [0.2, 0.25) is 0 Å². The van der Waals surface area contributed by atoms with Gasteiger partial charge in [0.15, 0.2) is 5.69 Å². The molecule has 0 spiro atoms. The maximum atomic E-state index is 12.7. The molecule has 0 fully saturated rings. The fourth-order valence-electron chi connectivity index (χ4n) is 2.49. The number of nitrogens with zero attached hydrogens (tertiary/aromatic N) is 2. The minimum atomic E-state index is -1.37. The number of amides is 1. The standard InChI is InChI=1S/C18H21N3O7S/c1-5-7-28-17(25)11-9(3)13(18(26)27-6-2)29-15(11)19-14(22)10-8-21(4)20-12(10)16(23)24/h8H,5-7H2,1-4H3,(H,19,22)(H,23,24). The van der Waals surface area contributed by atoms with Gasteiger partial charge in [-0.2, -0.15) is 5.10 Å². The highest BCUT2D eigenvalue weighted by Crippen LogP contribution is 2.34. The lowest BCUT2D eigenvalue weighted by atomic mass is 10.1. The summed E-state index contributed by atoms with van der Waals surface area (Å²) < 4.78 is 11.3. The van der Waals surface area contributed by atoms with Crippen LogP contribution in [0.5, 0.6) is 0 Å². The Labute approximate surface area is 170 Å². The number of hydrogen-bond acceptors (Lipinski definition) is 8. The molecule has 0 aliphatic heterocycles. The van der Waals surface area contributed by atoms with Gasteiger partial charge in [-0.1, -0.05) is 6.92 Å². The average molecular weight is 423 g/mol. The van der Waals surface area contributed by atoms with Crippen LogP contribution in [0.25, 0.3) is 0 Å². The largest absolute Gasteiger partial charge is 0.476 e. The first-order chi connectivity index (χ1) is 13.7. The number of carboxylic acid groups (broad SMARTS) is 1. The molecule has 0 unspecified atom stereocenters. The number of carboxylic acids is 1. The molecular formula is C18H21N3O7S. The predicted molar refractivity (Wildman–Crippen MR) is 104 cm³/mol. The van der Waals surface area contributed by atoms with Crippen molar-refractivity contribution in [1.82, 2.24) is 9.78 Å². The highest BCUT2D eigenvalue weighted by Gasteiger charge is 2.29. The van der Waals surface area contributed by atoms with Crippen molar-refractivity contribution in [1.29, 1.82) is 0 Å². The SMILES string of the molecule is CCCOC(=O)c1c(NC(=O)c2cn(C)nc2C(=O)O)sc(C(=O)OCC)c1C. The monoisotopic (exact) mass is 423 g/mol. The van der Waals surface area contributed by atoms with E-state index in [0.717, 1.165) is 11.3 Å². The number of rotatable bonds is 8. The van der Waals surface area contributed by atoms with Gasteiger partial charge in [-0.3, -0.25) is 9.48 Å². The van der Waals surface area contributed by atoms with Gasteiger partial charge in [-0.15, -0.1) is 11.3 Å². The first kappa shape index (κ1) is 22.1. The molecule has 0 saturated heterocycles. The zero-order chi connectivity index (χ0) is 21.7. The second kappa shape index (κ2) is 9.32. The number of aryl methyl sites for hydroxylation is 1. The highest BCUT2D eigenvalue weighted by molar-refractivity contribution is 7.18. The molecule has 11 heteroatoms. The number of aromatic carboxylic acids is 1. The number of nitrogens with one attached hydrogen (secondary N) is 1. The number of carbonyl (C=O) groups is 4. The fourth-order valence-corrected chi connectivity index (χ4v) is 3.57. The van der Waals surface area contributed by atoms with Gasteiger partial charge < -0.3 is 19.9 Å². The molecule has 156 valence electrons. The zero-order valence-electron chi connectivity index (χ0n) is 16.4. The van der Waals surface area contributed by atoms with E-state index in [1.165, 1.54) is 17.9 Å². The third kappa shape index (κ3) is 4.80. The van der Waals surface area contributed by atoms with Crippen LogP contribution in [-0.4, -0.2) is 51.9 Å². The average Bonchev–Trinajstić information content (AvgIpc) is 3.20. The van der Waals surface area contributed by atoms with Gasteiger partial charge in [0.25, 0.3) is 5.91 Å². The lowest BCUT2D eigenvalue weighted by Crippen LogP contribution is -2.17. The summed E-state index contributed by atoms with van der Waals surface area (Å²) in [4.78, 5) is 48.8. The first-order valence-corrected chi connectivity index (χ1v) is 9.58. The number of esters is 2. The quantitative estimate of drug-likeness (QED) is 0.618. The van der Waals surface area contributed by atoms with Gasteiger partial charge >= 0.3 is 17.9 Å². The van der Waals surface area contributed by atoms with Crippen LogP contribution in [0, 0.1) is 6.92 Å². The Morgan fingerprint density at radius 1 is 1.21 bits per heavy atom. The van der Waals surface area contributed by atoms with Crippen molar-refractivity contribution in [2.45, 2.75) is 27.2 Å². The smallest absolute Gasteiger partial charge is 0.357 e. The molecule has 0 aliphatic rings. The number of hydrogen-bond donors (Lipinski definition) is 2. The van der Waals surface area contributed by atoms with E-state index in [9.17, 15) is 24.3 Å². The molecule has 0 bridgehead atoms. The van der Waals surface area contributed by atoms with E-state index in [-0.39, 0.29) is 34.2 Å². The van der Waals surface area contributed by atoms with Gasteiger partial charge in [-0.25, -0.2) is 14.4 Å². The number of anilines is 1. The van der Waals surface area contributed by atoms with Crippen LogP contribution in [0.2, 0.25) is 0 Å². The molecule has 0 aromatic carbocycles. The Kier molecular flexibility index (Phi) is 7.10. The van der Waals surface area contributed by atoms with Crippen molar-refractivity contribution in [3.8, 4) is 0 Å². The van der Waals surface area contributed by atoms with Crippen LogP contribution in [0.15, 0.2) is 6.20 Å². The Morgan fingerprint density at radius 3 is 2.48 bits per heavy atom. The Bertz CT molecular complexity index is 961. The number of ether oxygens (including phenoxy) is 2. The van der Waals surface area contributed by atoms with E-state index in [0.29, 0.717) is 12.0 Å². The molecule has 2 N–H and O–H groups in total. The van der Waals surface area contributed by atoms with Crippen LogP contribution in [-0.2, 0) is 16.5 Å². The first-order valence-electron chi connectivity index (χ1n) is 8.77. The third-order valence-corrected chi connectivity index (χ3v) is 4.94. The zero-order valence-corrected chi connectivity index (χ0v) is 17.2. The summed E-state index contributed by atoms with van der Waals surface area (Å²) >= 11 is 0.858. The summed E-state index contributed by atoms with van der Waals surface area (Å²) in [5, 5.41) is 15.5. The fraction of sp³-hybridized carbons (Fsp3) is 0.389. The number of aromatic nitrogens is 2. The molecule has 2 aromatic rings. The van der Waals surface area contributed by atoms with E-state index in [2.05, 4.69) is 10.4 Å². The molecule has 0 radical (unpaired) electrons. The van der Waals surface area contributed by atoms with E-state index in [4.69, 9.17) is 9.47 Å². The summed E-state index contributed by atoms with van der Waals surface area (Å²) in [5.74, 6) is -3.48. The van der Waals surface area contributed by atoms with Crippen molar-refractivity contribution in [3.05, 3.63) is 33.5 Å². The van der Waals surface area contributed by atoms with Gasteiger partial charge in [0.1, 0.15) is 9.88 Å². The molecule has 0 atom stereocenters. The molecular weight excluding hydrogens is 402 g/mol. The van der Waals surface area contributed by atoms with Crippen molar-refractivity contribution >= 4 is 40.2 Å². The van der Waals surface area contributed by atoms with Crippen LogP contribution >= 0.6 is 11.3 Å². The van der Waals surface area contributed by atoms with Crippen molar-refractivity contribution in [3.63, 3.8) is 0 Å². The molecule has 1 amide bonds. The molecule has 2 rings (SSSR count). The van der Waals surface area contributed by atoms with Gasteiger partial charge in [0.05, 0.1) is 24.3 Å². The topological polar surface area (TPSA) is 137 Å². The molecule has 29 heavy (non-hydrogen) atoms. The van der Waals surface area contributed by atoms with E-state index in [1.54, 1.807) is 13.8 Å².